The van der Waals surface area contributed by atoms with Crippen LogP contribution in [0.15, 0.2) is 10.5 Å². The number of carbonyl (C=O) groups is 1. The van der Waals surface area contributed by atoms with Crippen molar-refractivity contribution in [3.05, 3.63) is 23.2 Å². The maximum absolute atomic E-state index is 12.4. The number of nitrogens with zero attached hydrogens (tertiary/aromatic N) is 1. The summed E-state index contributed by atoms with van der Waals surface area (Å²) in [7, 11) is 0. The first-order chi connectivity index (χ1) is 9.63. The fourth-order valence-corrected chi connectivity index (χ4v) is 2.94. The van der Waals surface area contributed by atoms with Crippen molar-refractivity contribution < 1.29 is 9.21 Å². The van der Waals surface area contributed by atoms with Gasteiger partial charge in [-0.2, -0.15) is 0 Å². The van der Waals surface area contributed by atoms with Crippen molar-refractivity contribution in [1.82, 2.24) is 10.2 Å². The Hall–Kier alpha value is -1.00. The number of likely N-dealkylation sites (tertiary alicyclic amines) is 1. The number of rotatable bonds is 4. The topological polar surface area (TPSA) is 45.5 Å². The quantitative estimate of drug-likeness (QED) is 0.930. The molecule has 1 aliphatic carbocycles. The van der Waals surface area contributed by atoms with Crippen molar-refractivity contribution in [2.75, 3.05) is 19.6 Å². The van der Waals surface area contributed by atoms with Crippen LogP contribution in [0.4, 0.5) is 0 Å². The third-order valence-corrected chi connectivity index (χ3v) is 4.41. The number of amides is 1. The van der Waals surface area contributed by atoms with E-state index >= 15 is 0 Å². The molecule has 1 saturated heterocycles. The van der Waals surface area contributed by atoms with Crippen molar-refractivity contribution >= 4 is 18.3 Å². The second-order valence-electron chi connectivity index (χ2n) is 6.29. The zero-order valence-corrected chi connectivity index (χ0v) is 13.7. The molecule has 1 amide bonds. The Morgan fingerprint density at radius 3 is 2.48 bits per heavy atom. The van der Waals surface area contributed by atoms with E-state index in [4.69, 9.17) is 4.42 Å². The van der Waals surface area contributed by atoms with Gasteiger partial charge in [-0.15, -0.1) is 12.4 Å². The van der Waals surface area contributed by atoms with E-state index in [1.165, 1.54) is 12.8 Å². The minimum atomic E-state index is 0. The number of furan rings is 1. The highest BCUT2D eigenvalue weighted by atomic mass is 35.5. The number of halogens is 1. The van der Waals surface area contributed by atoms with Gasteiger partial charge in [0.25, 0.3) is 5.91 Å². The first kappa shape index (κ1) is 16.4. The predicted octanol–water partition coefficient (Wildman–Crippen LogP) is 2.92. The van der Waals surface area contributed by atoms with E-state index in [1.54, 1.807) is 0 Å². The summed E-state index contributed by atoms with van der Waals surface area (Å²) >= 11 is 0. The SMILES string of the molecule is Cc1cc(C)c(C(=O)N2CCC(NCC3CC3)CC2)o1.Cl. The minimum absolute atomic E-state index is 0. The largest absolute Gasteiger partial charge is 0.456 e. The lowest BCUT2D eigenvalue weighted by Gasteiger charge is -2.32. The Kier molecular flexibility index (Phi) is 5.33. The standard InChI is InChI=1S/C16H24N2O2.ClH/c1-11-9-12(2)20-15(11)16(19)18-7-5-14(6-8-18)17-10-13-3-4-13;/h9,13-14,17H,3-8,10H2,1-2H3;1H. The average Bonchev–Trinajstić information content (AvgIpc) is 3.21. The molecule has 5 heteroatoms. The second-order valence-corrected chi connectivity index (χ2v) is 6.29. The minimum Gasteiger partial charge on any atom is -0.456 e. The molecular formula is C16H25ClN2O2. The zero-order chi connectivity index (χ0) is 14.1. The number of aryl methyl sites for hydroxylation is 2. The van der Waals surface area contributed by atoms with Gasteiger partial charge >= 0.3 is 0 Å². The molecule has 0 aromatic carbocycles. The van der Waals surface area contributed by atoms with Gasteiger partial charge in [-0.1, -0.05) is 0 Å². The van der Waals surface area contributed by atoms with Crippen LogP contribution in [0, 0.1) is 19.8 Å². The molecule has 2 aliphatic rings. The average molecular weight is 313 g/mol. The molecule has 1 N–H and O–H groups in total. The summed E-state index contributed by atoms with van der Waals surface area (Å²) in [6, 6.07) is 2.51. The number of hydrogen-bond acceptors (Lipinski definition) is 3. The molecule has 2 fully saturated rings. The van der Waals surface area contributed by atoms with Crippen LogP contribution in [0.2, 0.25) is 0 Å². The third kappa shape index (κ3) is 4.01. The first-order valence-corrected chi connectivity index (χ1v) is 7.73. The molecule has 3 rings (SSSR count). The highest BCUT2D eigenvalue weighted by molar-refractivity contribution is 5.93. The van der Waals surface area contributed by atoms with E-state index in [1.807, 2.05) is 24.8 Å². The van der Waals surface area contributed by atoms with Gasteiger partial charge in [-0.05, 0) is 58.1 Å². The number of hydrogen-bond donors (Lipinski definition) is 1. The van der Waals surface area contributed by atoms with E-state index < -0.39 is 0 Å². The lowest BCUT2D eigenvalue weighted by Crippen LogP contribution is -2.45. The smallest absolute Gasteiger partial charge is 0.289 e. The molecule has 0 spiro atoms. The van der Waals surface area contributed by atoms with Crippen LogP contribution in [0.5, 0.6) is 0 Å². The van der Waals surface area contributed by atoms with Gasteiger partial charge in [0.1, 0.15) is 5.76 Å². The summed E-state index contributed by atoms with van der Waals surface area (Å²) in [5.74, 6) is 2.30. The Morgan fingerprint density at radius 2 is 1.95 bits per heavy atom. The summed E-state index contributed by atoms with van der Waals surface area (Å²) in [6.07, 6.45) is 4.89. The molecule has 21 heavy (non-hydrogen) atoms. The fraction of sp³-hybridized carbons (Fsp3) is 0.688. The van der Waals surface area contributed by atoms with E-state index in [0.717, 1.165) is 49.7 Å². The highest BCUT2D eigenvalue weighted by Crippen LogP contribution is 2.28. The third-order valence-electron chi connectivity index (χ3n) is 4.41. The Balaban J connectivity index is 0.00000161. The molecule has 118 valence electrons. The fourth-order valence-electron chi connectivity index (χ4n) is 2.94. The van der Waals surface area contributed by atoms with Gasteiger partial charge in [0, 0.05) is 24.7 Å². The number of carbonyl (C=O) groups excluding carboxylic acids is 1. The van der Waals surface area contributed by atoms with Gasteiger partial charge in [-0.3, -0.25) is 4.79 Å². The van der Waals surface area contributed by atoms with Crippen LogP contribution in [0.1, 0.15) is 47.6 Å². The molecule has 0 atom stereocenters. The normalized spacial score (nSPS) is 19.4. The zero-order valence-electron chi connectivity index (χ0n) is 12.9. The van der Waals surface area contributed by atoms with E-state index in [2.05, 4.69) is 5.32 Å². The van der Waals surface area contributed by atoms with Crippen molar-refractivity contribution in [3.8, 4) is 0 Å². The van der Waals surface area contributed by atoms with Crippen LogP contribution in [-0.4, -0.2) is 36.5 Å². The molecular weight excluding hydrogens is 288 g/mol. The summed E-state index contributed by atoms with van der Waals surface area (Å²) < 4.78 is 5.54. The summed E-state index contributed by atoms with van der Waals surface area (Å²) in [4.78, 5) is 14.4. The number of piperidine rings is 1. The number of nitrogens with one attached hydrogen (secondary N) is 1. The van der Waals surface area contributed by atoms with Crippen molar-refractivity contribution in [2.24, 2.45) is 5.92 Å². The Labute approximate surface area is 132 Å². The molecule has 0 bridgehead atoms. The molecule has 0 unspecified atom stereocenters. The van der Waals surface area contributed by atoms with Gasteiger partial charge in [0.15, 0.2) is 5.76 Å². The maximum atomic E-state index is 12.4. The van der Waals surface area contributed by atoms with Crippen LogP contribution < -0.4 is 5.32 Å². The summed E-state index contributed by atoms with van der Waals surface area (Å²) in [5, 5.41) is 3.64. The van der Waals surface area contributed by atoms with E-state index in [9.17, 15) is 4.79 Å². The maximum Gasteiger partial charge on any atom is 0.289 e. The Bertz CT molecular complexity index is 488. The summed E-state index contributed by atoms with van der Waals surface area (Å²) in [5.41, 5.74) is 0.946. The van der Waals surface area contributed by atoms with E-state index in [-0.39, 0.29) is 18.3 Å². The first-order valence-electron chi connectivity index (χ1n) is 7.73. The molecule has 0 radical (unpaired) electrons. The molecule has 1 aliphatic heterocycles. The van der Waals surface area contributed by atoms with Crippen LogP contribution in [-0.2, 0) is 0 Å². The molecule has 4 nitrogen and oxygen atoms in total. The van der Waals surface area contributed by atoms with Gasteiger partial charge in [0.05, 0.1) is 0 Å². The van der Waals surface area contributed by atoms with Crippen LogP contribution in [0.3, 0.4) is 0 Å². The van der Waals surface area contributed by atoms with Gasteiger partial charge in [0.2, 0.25) is 0 Å². The monoisotopic (exact) mass is 312 g/mol. The van der Waals surface area contributed by atoms with Crippen LogP contribution >= 0.6 is 12.4 Å². The lowest BCUT2D eigenvalue weighted by molar-refractivity contribution is 0.0670. The molecule has 1 saturated carbocycles. The van der Waals surface area contributed by atoms with E-state index in [0.29, 0.717) is 11.8 Å². The van der Waals surface area contributed by atoms with Crippen molar-refractivity contribution in [3.63, 3.8) is 0 Å². The van der Waals surface area contributed by atoms with Gasteiger partial charge in [-0.25, -0.2) is 0 Å². The highest BCUT2D eigenvalue weighted by Gasteiger charge is 2.28. The summed E-state index contributed by atoms with van der Waals surface area (Å²) in [6.45, 7) is 6.65. The Morgan fingerprint density at radius 1 is 1.29 bits per heavy atom. The van der Waals surface area contributed by atoms with Crippen molar-refractivity contribution in [2.45, 2.75) is 45.6 Å². The van der Waals surface area contributed by atoms with Gasteiger partial charge < -0.3 is 14.6 Å². The van der Waals surface area contributed by atoms with Crippen molar-refractivity contribution in [1.29, 1.82) is 0 Å². The molecule has 1 aromatic heterocycles. The lowest BCUT2D eigenvalue weighted by atomic mass is 10.0. The van der Waals surface area contributed by atoms with Crippen LogP contribution in [0.25, 0.3) is 0 Å². The molecule has 2 heterocycles. The molecule has 1 aromatic rings. The second kappa shape index (κ2) is 6.84. The predicted molar refractivity (Wildman–Crippen MR) is 85.1 cm³/mol.